The van der Waals surface area contributed by atoms with Gasteiger partial charge < -0.3 is 0 Å². The molecular formula is C45H29N3S. The van der Waals surface area contributed by atoms with Crippen LogP contribution >= 0.6 is 11.3 Å². The van der Waals surface area contributed by atoms with Gasteiger partial charge in [-0.25, -0.2) is 15.0 Å². The van der Waals surface area contributed by atoms with Crippen molar-refractivity contribution < 1.29 is 0 Å². The molecule has 7 aromatic carbocycles. The van der Waals surface area contributed by atoms with Crippen LogP contribution in [-0.2, 0) is 0 Å². The molecule has 49 heavy (non-hydrogen) atoms. The molecule has 0 unspecified atom stereocenters. The van der Waals surface area contributed by atoms with Crippen molar-refractivity contribution in [3.05, 3.63) is 176 Å². The smallest absolute Gasteiger partial charge is 0.164 e. The molecule has 0 aliphatic carbocycles. The van der Waals surface area contributed by atoms with Crippen LogP contribution in [0.2, 0.25) is 0 Å². The minimum absolute atomic E-state index is 0.653. The molecule has 230 valence electrons. The first kappa shape index (κ1) is 29.0. The van der Waals surface area contributed by atoms with Crippen LogP contribution in [0.5, 0.6) is 0 Å². The molecule has 9 aromatic rings. The molecule has 0 saturated carbocycles. The second-order valence-corrected chi connectivity index (χ2v) is 13.1. The fourth-order valence-electron chi connectivity index (χ4n) is 6.67. The zero-order chi connectivity index (χ0) is 32.6. The molecule has 9 rings (SSSR count). The number of nitrogens with zero attached hydrogens (tertiary/aromatic N) is 3. The molecule has 3 nitrogen and oxygen atoms in total. The summed E-state index contributed by atoms with van der Waals surface area (Å²) in [6.45, 7) is 0. The summed E-state index contributed by atoms with van der Waals surface area (Å²) in [4.78, 5) is 15.4. The maximum Gasteiger partial charge on any atom is 0.164 e. The SMILES string of the molecule is c1ccc(-c2nc(-c3ccccc3)nc(-c3cc(-c4ccccc4-c4ccccc4-c4ccccc4)cc4sc5ccccc5c34)n2)cc1. The number of hydrogen-bond acceptors (Lipinski definition) is 4. The number of hydrogen-bond donors (Lipinski definition) is 0. The standard InChI is InChI=1S/C45H29N3S/c1-4-16-30(17-5-1)34-22-10-12-24-36(34)37-25-13-11-23-35(37)33-28-39(42-38-26-14-15-27-40(38)49-41(42)29-33)45-47-43(31-18-6-2-7-19-31)46-44(48-45)32-20-8-3-9-21-32/h1-29H. The largest absolute Gasteiger partial charge is 0.208 e. The zero-order valence-electron chi connectivity index (χ0n) is 26.5. The summed E-state index contributed by atoms with van der Waals surface area (Å²) < 4.78 is 2.43. The van der Waals surface area contributed by atoms with Crippen molar-refractivity contribution in [3.8, 4) is 67.5 Å². The minimum Gasteiger partial charge on any atom is -0.208 e. The van der Waals surface area contributed by atoms with Crippen molar-refractivity contribution in [2.45, 2.75) is 0 Å². The summed E-state index contributed by atoms with van der Waals surface area (Å²) in [7, 11) is 0. The third-order valence-electron chi connectivity index (χ3n) is 8.96. The molecular weight excluding hydrogens is 615 g/mol. The second-order valence-electron chi connectivity index (χ2n) is 12.0. The highest BCUT2D eigenvalue weighted by Crippen LogP contribution is 2.45. The highest BCUT2D eigenvalue weighted by molar-refractivity contribution is 7.26. The average molecular weight is 644 g/mol. The van der Waals surface area contributed by atoms with Gasteiger partial charge in [0.2, 0.25) is 0 Å². The first-order valence-corrected chi connectivity index (χ1v) is 17.2. The number of thiophene rings is 1. The van der Waals surface area contributed by atoms with E-state index in [2.05, 4.69) is 140 Å². The Morgan fingerprint density at radius 2 is 0.755 bits per heavy atom. The van der Waals surface area contributed by atoms with Gasteiger partial charge in [0.1, 0.15) is 0 Å². The molecule has 0 spiro atoms. The normalized spacial score (nSPS) is 11.3. The van der Waals surface area contributed by atoms with E-state index in [1.165, 1.54) is 37.0 Å². The fourth-order valence-corrected chi connectivity index (χ4v) is 7.84. The van der Waals surface area contributed by atoms with Crippen LogP contribution in [0.3, 0.4) is 0 Å². The Morgan fingerprint density at radius 1 is 0.306 bits per heavy atom. The van der Waals surface area contributed by atoms with Crippen LogP contribution in [0.15, 0.2) is 176 Å². The average Bonchev–Trinajstić information content (AvgIpc) is 3.57. The molecule has 0 amide bonds. The van der Waals surface area contributed by atoms with Crippen LogP contribution in [0.1, 0.15) is 0 Å². The predicted octanol–water partition coefficient (Wildman–Crippen LogP) is 12.2. The van der Waals surface area contributed by atoms with Gasteiger partial charge in [-0.3, -0.25) is 0 Å². The number of aromatic nitrogens is 3. The maximum atomic E-state index is 5.19. The van der Waals surface area contributed by atoms with E-state index >= 15 is 0 Å². The summed E-state index contributed by atoms with van der Waals surface area (Å²) >= 11 is 1.81. The Kier molecular flexibility index (Phi) is 7.34. The van der Waals surface area contributed by atoms with Crippen molar-refractivity contribution >= 4 is 31.5 Å². The monoisotopic (exact) mass is 643 g/mol. The van der Waals surface area contributed by atoms with Gasteiger partial charge in [-0.05, 0) is 51.6 Å². The second kappa shape index (κ2) is 12.4. The summed E-state index contributed by atoms with van der Waals surface area (Å²) in [5, 5.41) is 2.37. The Bertz CT molecular complexity index is 2540. The lowest BCUT2D eigenvalue weighted by atomic mass is 9.88. The third-order valence-corrected chi connectivity index (χ3v) is 10.1. The van der Waals surface area contributed by atoms with Crippen LogP contribution in [0.4, 0.5) is 0 Å². The Labute approximate surface area is 288 Å². The van der Waals surface area contributed by atoms with Gasteiger partial charge in [0.15, 0.2) is 17.5 Å². The lowest BCUT2D eigenvalue weighted by Crippen LogP contribution is -2.00. The fraction of sp³-hybridized carbons (Fsp3) is 0. The van der Waals surface area contributed by atoms with E-state index in [-0.39, 0.29) is 0 Å². The van der Waals surface area contributed by atoms with Crippen molar-refractivity contribution in [2.75, 3.05) is 0 Å². The van der Waals surface area contributed by atoms with E-state index in [1.54, 1.807) is 0 Å². The van der Waals surface area contributed by atoms with E-state index < -0.39 is 0 Å². The van der Waals surface area contributed by atoms with Gasteiger partial charge in [0, 0.05) is 36.9 Å². The summed E-state index contributed by atoms with van der Waals surface area (Å²) in [6.07, 6.45) is 0. The molecule has 0 atom stereocenters. The van der Waals surface area contributed by atoms with Crippen LogP contribution in [0, 0.1) is 0 Å². The zero-order valence-corrected chi connectivity index (χ0v) is 27.3. The quantitative estimate of drug-likeness (QED) is 0.181. The summed E-state index contributed by atoms with van der Waals surface area (Å²) in [5.74, 6) is 1.96. The van der Waals surface area contributed by atoms with Crippen molar-refractivity contribution in [1.29, 1.82) is 0 Å². The first-order chi connectivity index (χ1) is 24.3. The molecule has 0 aliphatic heterocycles. The first-order valence-electron chi connectivity index (χ1n) is 16.4. The molecule has 0 bridgehead atoms. The van der Waals surface area contributed by atoms with Gasteiger partial charge in [0.05, 0.1) is 0 Å². The van der Waals surface area contributed by atoms with Crippen molar-refractivity contribution in [3.63, 3.8) is 0 Å². The Hall–Kier alpha value is -6.23. The van der Waals surface area contributed by atoms with Crippen LogP contribution in [-0.4, -0.2) is 15.0 Å². The van der Waals surface area contributed by atoms with Gasteiger partial charge in [-0.2, -0.15) is 0 Å². The molecule has 0 radical (unpaired) electrons. The lowest BCUT2D eigenvalue weighted by molar-refractivity contribution is 1.08. The van der Waals surface area contributed by atoms with Gasteiger partial charge in [-0.15, -0.1) is 11.3 Å². The Morgan fingerprint density at radius 3 is 1.35 bits per heavy atom. The van der Waals surface area contributed by atoms with Crippen molar-refractivity contribution in [2.24, 2.45) is 0 Å². The van der Waals surface area contributed by atoms with E-state index in [9.17, 15) is 0 Å². The number of fused-ring (bicyclic) bond motifs is 3. The van der Waals surface area contributed by atoms with Crippen LogP contribution in [0.25, 0.3) is 87.7 Å². The lowest BCUT2D eigenvalue weighted by Gasteiger charge is -2.16. The number of benzene rings is 7. The molecule has 0 fully saturated rings. The Balaban J connectivity index is 1.32. The highest BCUT2D eigenvalue weighted by Gasteiger charge is 2.20. The van der Waals surface area contributed by atoms with E-state index in [0.29, 0.717) is 17.5 Å². The minimum atomic E-state index is 0.653. The maximum absolute atomic E-state index is 5.19. The summed E-state index contributed by atoms with van der Waals surface area (Å²) in [6, 6.07) is 61.6. The van der Waals surface area contributed by atoms with Gasteiger partial charge in [-0.1, -0.05) is 158 Å². The summed E-state index contributed by atoms with van der Waals surface area (Å²) in [5.41, 5.74) is 9.95. The predicted molar refractivity (Wildman–Crippen MR) is 205 cm³/mol. The molecule has 4 heteroatoms. The molecule has 0 saturated heterocycles. The molecule has 2 heterocycles. The topological polar surface area (TPSA) is 38.7 Å². The highest BCUT2D eigenvalue weighted by atomic mass is 32.1. The third kappa shape index (κ3) is 5.38. The molecule has 0 aliphatic rings. The van der Waals surface area contributed by atoms with E-state index in [1.807, 2.05) is 47.7 Å². The van der Waals surface area contributed by atoms with Crippen molar-refractivity contribution in [1.82, 2.24) is 15.0 Å². The number of rotatable bonds is 6. The van der Waals surface area contributed by atoms with Crippen LogP contribution < -0.4 is 0 Å². The molecule has 0 N–H and O–H groups in total. The van der Waals surface area contributed by atoms with Gasteiger partial charge >= 0.3 is 0 Å². The van der Waals surface area contributed by atoms with E-state index in [0.717, 1.165) is 33.2 Å². The van der Waals surface area contributed by atoms with Gasteiger partial charge in [0.25, 0.3) is 0 Å². The molecule has 2 aromatic heterocycles. The van der Waals surface area contributed by atoms with E-state index in [4.69, 9.17) is 15.0 Å².